The monoisotopic (exact) mass is 520 g/mol. The summed E-state index contributed by atoms with van der Waals surface area (Å²) >= 11 is 0. The van der Waals surface area contributed by atoms with E-state index < -0.39 is 6.16 Å². The summed E-state index contributed by atoms with van der Waals surface area (Å²) in [7, 11) is 0. The van der Waals surface area contributed by atoms with Gasteiger partial charge in [-0.25, -0.2) is 9.59 Å². The van der Waals surface area contributed by atoms with E-state index >= 15 is 0 Å². The molecule has 1 aliphatic rings. The lowest BCUT2D eigenvalue weighted by molar-refractivity contribution is 0.144. The van der Waals surface area contributed by atoms with Crippen molar-refractivity contribution in [2.24, 2.45) is 0 Å². The Balaban J connectivity index is 1.32. The molecule has 1 saturated heterocycles. The third-order valence-corrected chi connectivity index (χ3v) is 6.78. The van der Waals surface area contributed by atoms with Gasteiger partial charge in [-0.15, -0.1) is 0 Å². The molecule has 0 saturated carbocycles. The molecule has 10 nitrogen and oxygen atoms in total. The van der Waals surface area contributed by atoms with E-state index in [1.165, 1.54) is 0 Å². The number of hydrogen-bond acceptors (Lipinski definition) is 6. The van der Waals surface area contributed by atoms with E-state index in [0.29, 0.717) is 18.7 Å². The standard InChI is InChI=1S/C28H32N4O6/c1-3-36-24-15-19(16-25(37-4-2)26(24)31-11-5-6-12-31)18-30-13-9-20(10-14-30)32-23-8-7-21(38-28(34)35)17-22(23)29-27(32)33/h5-8,11-12,15-17,20H,3-4,9-10,13-14,18H2,1-2H3,(H,29,33)(H,34,35). The number of nitrogens with zero attached hydrogens (tertiary/aromatic N) is 3. The number of carbonyl (C=O) groups is 1. The van der Waals surface area contributed by atoms with Crippen LogP contribution in [0.25, 0.3) is 16.7 Å². The Labute approximate surface area is 220 Å². The van der Waals surface area contributed by atoms with E-state index in [-0.39, 0.29) is 17.5 Å². The number of rotatable bonds is 9. The molecular formula is C28H32N4O6. The summed E-state index contributed by atoms with van der Waals surface area (Å²) in [5, 5.41) is 8.85. The molecular weight excluding hydrogens is 488 g/mol. The third-order valence-electron chi connectivity index (χ3n) is 6.78. The van der Waals surface area contributed by atoms with Gasteiger partial charge in [-0.1, -0.05) is 0 Å². The first kappa shape index (κ1) is 25.5. The van der Waals surface area contributed by atoms with E-state index in [9.17, 15) is 9.59 Å². The summed E-state index contributed by atoms with van der Waals surface area (Å²) in [5.74, 6) is 1.75. The van der Waals surface area contributed by atoms with E-state index in [2.05, 4.69) is 22.0 Å². The van der Waals surface area contributed by atoms with Crippen LogP contribution in [0.3, 0.4) is 0 Å². The van der Waals surface area contributed by atoms with Crippen molar-refractivity contribution in [3.05, 3.63) is 70.9 Å². The van der Waals surface area contributed by atoms with E-state index in [4.69, 9.17) is 19.3 Å². The number of ether oxygens (including phenoxy) is 3. The molecule has 2 aromatic carbocycles. The molecule has 10 heteroatoms. The maximum Gasteiger partial charge on any atom is 0.511 e. The first-order valence-electron chi connectivity index (χ1n) is 12.9. The molecule has 0 amide bonds. The van der Waals surface area contributed by atoms with Crippen molar-refractivity contribution in [3.8, 4) is 22.9 Å². The summed E-state index contributed by atoms with van der Waals surface area (Å²) in [6.07, 6.45) is 4.21. The average molecular weight is 521 g/mol. The number of benzene rings is 2. The van der Waals surface area contributed by atoms with Gasteiger partial charge in [0.25, 0.3) is 0 Å². The average Bonchev–Trinajstić information content (AvgIpc) is 3.52. The largest absolute Gasteiger partial charge is 0.511 e. The van der Waals surface area contributed by atoms with E-state index in [1.807, 2.05) is 42.9 Å². The smallest absolute Gasteiger partial charge is 0.492 e. The number of piperidine rings is 1. The zero-order valence-corrected chi connectivity index (χ0v) is 21.6. The van der Waals surface area contributed by atoms with E-state index in [0.717, 1.165) is 60.7 Å². The Bertz CT molecular complexity index is 1440. The second-order valence-corrected chi connectivity index (χ2v) is 9.25. The maximum atomic E-state index is 12.8. The molecule has 0 radical (unpaired) electrons. The molecule has 4 aromatic rings. The highest BCUT2D eigenvalue weighted by molar-refractivity contribution is 5.78. The Morgan fingerprint density at radius 1 is 1.03 bits per heavy atom. The third kappa shape index (κ3) is 5.26. The molecule has 0 aliphatic carbocycles. The Morgan fingerprint density at radius 3 is 2.29 bits per heavy atom. The van der Waals surface area contributed by atoms with Crippen LogP contribution < -0.4 is 19.9 Å². The van der Waals surface area contributed by atoms with Crippen LogP contribution in [-0.4, -0.2) is 56.6 Å². The lowest BCUT2D eigenvalue weighted by Gasteiger charge is -2.32. The van der Waals surface area contributed by atoms with Crippen molar-refractivity contribution in [1.29, 1.82) is 0 Å². The first-order valence-corrected chi connectivity index (χ1v) is 12.9. The summed E-state index contributed by atoms with van der Waals surface area (Å²) in [5.41, 5.74) is 3.12. The SMILES string of the molecule is CCOc1cc(CN2CCC(n3c(=O)[nH]c4cc(OC(=O)O)ccc43)CC2)cc(OCC)c1-n1cccc1. The topological polar surface area (TPSA) is 111 Å². The van der Waals surface area contributed by atoms with Crippen LogP contribution in [0.5, 0.6) is 17.2 Å². The second kappa shape index (κ2) is 11.1. The van der Waals surface area contributed by atoms with Crippen molar-refractivity contribution in [1.82, 2.24) is 19.0 Å². The number of carboxylic acid groups (broad SMARTS) is 1. The fourth-order valence-corrected chi connectivity index (χ4v) is 5.23. The highest BCUT2D eigenvalue weighted by atomic mass is 16.7. The van der Waals surface area contributed by atoms with Crippen LogP contribution >= 0.6 is 0 Å². The Kier molecular flexibility index (Phi) is 7.41. The lowest BCUT2D eigenvalue weighted by Crippen LogP contribution is -2.36. The van der Waals surface area contributed by atoms with Crippen molar-refractivity contribution >= 4 is 17.2 Å². The Hall–Kier alpha value is -4.18. The van der Waals surface area contributed by atoms with Gasteiger partial charge in [0.2, 0.25) is 0 Å². The summed E-state index contributed by atoms with van der Waals surface area (Å²) in [4.78, 5) is 28.8. The van der Waals surface area contributed by atoms with Crippen molar-refractivity contribution in [2.45, 2.75) is 39.3 Å². The van der Waals surface area contributed by atoms with Gasteiger partial charge in [0.1, 0.15) is 22.9 Å². The van der Waals surface area contributed by atoms with Crippen LogP contribution in [0, 0.1) is 0 Å². The van der Waals surface area contributed by atoms with Gasteiger partial charge in [0.05, 0.1) is 24.2 Å². The molecule has 2 N–H and O–H groups in total. The summed E-state index contributed by atoms with van der Waals surface area (Å²) in [6, 6.07) is 13.0. The summed E-state index contributed by atoms with van der Waals surface area (Å²) in [6.45, 7) is 7.47. The predicted molar refractivity (Wildman–Crippen MR) is 143 cm³/mol. The van der Waals surface area contributed by atoms with Crippen LogP contribution in [-0.2, 0) is 6.54 Å². The first-order chi connectivity index (χ1) is 18.5. The number of aromatic amines is 1. The van der Waals surface area contributed by atoms with Crippen molar-refractivity contribution < 1.29 is 24.1 Å². The van der Waals surface area contributed by atoms with E-state index in [1.54, 1.807) is 22.8 Å². The molecule has 1 aliphatic heterocycles. The molecule has 200 valence electrons. The molecule has 0 unspecified atom stereocenters. The molecule has 5 rings (SSSR count). The number of hydrogen-bond donors (Lipinski definition) is 2. The normalized spacial score (nSPS) is 14.6. The zero-order chi connectivity index (χ0) is 26.6. The van der Waals surface area contributed by atoms with Crippen LogP contribution in [0.2, 0.25) is 0 Å². The molecule has 38 heavy (non-hydrogen) atoms. The highest BCUT2D eigenvalue weighted by Crippen LogP contribution is 2.36. The number of nitrogens with one attached hydrogen (secondary N) is 1. The lowest BCUT2D eigenvalue weighted by atomic mass is 10.0. The summed E-state index contributed by atoms with van der Waals surface area (Å²) < 4.78 is 20.6. The Morgan fingerprint density at radius 2 is 1.68 bits per heavy atom. The predicted octanol–water partition coefficient (Wildman–Crippen LogP) is 4.81. The number of fused-ring (bicyclic) bond motifs is 1. The minimum Gasteiger partial charge on any atom is -0.492 e. The molecule has 2 aromatic heterocycles. The van der Waals surface area contributed by atoms with Crippen molar-refractivity contribution in [3.63, 3.8) is 0 Å². The minimum atomic E-state index is -1.39. The van der Waals surface area contributed by atoms with Crippen LogP contribution in [0.15, 0.2) is 59.7 Å². The molecule has 3 heterocycles. The van der Waals surface area contributed by atoms with Gasteiger partial charge in [0.15, 0.2) is 0 Å². The highest BCUT2D eigenvalue weighted by Gasteiger charge is 2.25. The molecule has 0 spiro atoms. The number of aromatic nitrogens is 3. The second-order valence-electron chi connectivity index (χ2n) is 9.25. The fourth-order valence-electron chi connectivity index (χ4n) is 5.23. The fraction of sp³-hybridized carbons (Fsp3) is 0.357. The number of H-pyrrole nitrogens is 1. The number of imidazole rings is 1. The maximum absolute atomic E-state index is 12.8. The van der Waals surface area contributed by atoms with Gasteiger partial charge in [-0.2, -0.15) is 0 Å². The van der Waals surface area contributed by atoms with Gasteiger partial charge >= 0.3 is 11.8 Å². The van der Waals surface area contributed by atoms with Gasteiger partial charge < -0.3 is 28.9 Å². The van der Waals surface area contributed by atoms with Crippen LogP contribution in [0.4, 0.5) is 4.79 Å². The van der Waals surface area contributed by atoms with Gasteiger partial charge in [-0.05, 0) is 68.7 Å². The molecule has 0 atom stereocenters. The molecule has 1 fully saturated rings. The van der Waals surface area contributed by atoms with Gasteiger partial charge in [-0.3, -0.25) is 9.47 Å². The zero-order valence-electron chi connectivity index (χ0n) is 21.6. The quantitative estimate of drug-likeness (QED) is 0.241. The van der Waals surface area contributed by atoms with Crippen molar-refractivity contribution in [2.75, 3.05) is 26.3 Å². The van der Waals surface area contributed by atoms with Crippen LogP contribution in [0.1, 0.15) is 38.3 Å². The number of likely N-dealkylation sites (tertiary alicyclic amines) is 1. The minimum absolute atomic E-state index is 0.0489. The molecule has 0 bridgehead atoms. The van der Waals surface area contributed by atoms with Gasteiger partial charge in [0, 0.05) is 44.1 Å².